The summed E-state index contributed by atoms with van der Waals surface area (Å²) in [7, 11) is 1.19. The van der Waals surface area contributed by atoms with E-state index in [2.05, 4.69) is 67.8 Å². The van der Waals surface area contributed by atoms with Crippen LogP contribution in [0, 0.1) is 0 Å². The summed E-state index contributed by atoms with van der Waals surface area (Å²) < 4.78 is 23.1. The molecular weight excluding hydrogens is 744 g/mol. The number of unbranched alkanes of at least 4 members (excludes halogenated alkanes) is 18. The molecule has 0 aromatic rings. The maximum atomic E-state index is 12.8. The molecule has 0 aliphatic carbocycles. The monoisotopic (exact) mass is 833 g/mol. The van der Waals surface area contributed by atoms with E-state index < -0.39 is 26.6 Å². The maximum absolute atomic E-state index is 12.8. The Morgan fingerprint density at radius 3 is 1.59 bits per heavy atom. The minimum absolute atomic E-state index is 0.0222. The standard InChI is InChI=1S/C49H89N2O6P/c1-6-8-10-12-14-16-18-20-21-22-23-24-25-26-27-28-29-31-32-34-36-38-40-42-48(52)47(46-57-58(54,55)56-45-44-51(3,4)5)50-49(53)43-41-39-37-35-33-30-19-17-15-13-11-9-7-2/h9,11,15,17,30,32-34,37,39-40,42,47-48,52H,6-8,10,12-14,16,18-29,31,35-36,38,41,43-46H2,1-5H3,(H-,50,53,54,55)/b11-9-,17-15-,33-30-,34-32+,39-37-,42-40+. The second-order valence-corrected chi connectivity index (χ2v) is 18.1. The molecule has 0 aliphatic rings. The number of aliphatic hydroxyl groups excluding tert-OH is 1. The summed E-state index contributed by atoms with van der Waals surface area (Å²) >= 11 is 0. The molecule has 0 saturated carbocycles. The van der Waals surface area contributed by atoms with Gasteiger partial charge in [-0.3, -0.25) is 9.36 Å². The van der Waals surface area contributed by atoms with Crippen molar-refractivity contribution < 1.29 is 32.9 Å². The Balaban J connectivity index is 4.45. The van der Waals surface area contributed by atoms with Gasteiger partial charge in [-0.05, 0) is 57.8 Å². The molecule has 58 heavy (non-hydrogen) atoms. The lowest BCUT2D eigenvalue weighted by molar-refractivity contribution is -0.870. The number of phosphoric ester groups is 1. The number of carbonyl (C=O) groups is 1. The van der Waals surface area contributed by atoms with E-state index in [4.69, 9.17) is 9.05 Å². The summed E-state index contributed by atoms with van der Waals surface area (Å²) in [4.78, 5) is 25.2. The molecular formula is C49H89N2O6P. The predicted molar refractivity (Wildman–Crippen MR) is 247 cm³/mol. The molecule has 3 atom stereocenters. The third-order valence-corrected chi connectivity index (χ3v) is 10.9. The number of rotatable bonds is 41. The van der Waals surface area contributed by atoms with Crippen LogP contribution in [0.2, 0.25) is 0 Å². The number of likely N-dealkylation sites (N-methyl/N-ethyl adjacent to an activating group) is 1. The second-order valence-electron chi connectivity index (χ2n) is 16.7. The van der Waals surface area contributed by atoms with E-state index in [0.29, 0.717) is 17.4 Å². The summed E-state index contributed by atoms with van der Waals surface area (Å²) in [6.45, 7) is 4.44. The van der Waals surface area contributed by atoms with Crippen LogP contribution in [0.1, 0.15) is 181 Å². The highest BCUT2D eigenvalue weighted by molar-refractivity contribution is 7.45. The number of amides is 1. The van der Waals surface area contributed by atoms with Crippen LogP contribution in [-0.4, -0.2) is 68.5 Å². The van der Waals surface area contributed by atoms with Gasteiger partial charge in [0.2, 0.25) is 5.91 Å². The average Bonchev–Trinajstić information content (AvgIpc) is 3.17. The average molecular weight is 833 g/mol. The topological polar surface area (TPSA) is 108 Å². The van der Waals surface area contributed by atoms with Gasteiger partial charge in [-0.25, -0.2) is 0 Å². The van der Waals surface area contributed by atoms with Gasteiger partial charge in [0.25, 0.3) is 7.82 Å². The van der Waals surface area contributed by atoms with Crippen molar-refractivity contribution in [3.05, 3.63) is 72.9 Å². The third-order valence-electron chi connectivity index (χ3n) is 9.91. The summed E-state index contributed by atoms with van der Waals surface area (Å²) in [5.74, 6) is -0.289. The fourth-order valence-corrected chi connectivity index (χ4v) is 6.96. The van der Waals surface area contributed by atoms with Crippen LogP contribution >= 0.6 is 7.82 Å². The zero-order chi connectivity index (χ0) is 42.8. The van der Waals surface area contributed by atoms with E-state index in [-0.39, 0.29) is 18.9 Å². The van der Waals surface area contributed by atoms with Gasteiger partial charge in [0.1, 0.15) is 13.2 Å². The molecule has 0 saturated heterocycles. The van der Waals surface area contributed by atoms with E-state index in [0.717, 1.165) is 44.9 Å². The molecule has 2 N–H and O–H groups in total. The SMILES string of the molecule is CC/C=C\C/C=C\C/C=C\C/C=C\CCC(=O)NC(COP(=O)([O-])OCC[N+](C)(C)C)C(O)/C=C/CC/C=C/CCCCCCCCCCCCCCCCCCC. The van der Waals surface area contributed by atoms with Crippen LogP contribution in [0.25, 0.3) is 0 Å². The molecule has 0 heterocycles. The van der Waals surface area contributed by atoms with Gasteiger partial charge in [0.05, 0.1) is 39.9 Å². The van der Waals surface area contributed by atoms with E-state index in [1.54, 1.807) is 6.08 Å². The Hall–Kier alpha value is -2.06. The molecule has 0 fully saturated rings. The Morgan fingerprint density at radius 2 is 1.07 bits per heavy atom. The molecule has 9 heteroatoms. The van der Waals surface area contributed by atoms with Crippen molar-refractivity contribution in [1.29, 1.82) is 0 Å². The van der Waals surface area contributed by atoms with Crippen LogP contribution in [0.15, 0.2) is 72.9 Å². The number of nitrogens with one attached hydrogen (secondary N) is 1. The zero-order valence-corrected chi connectivity index (χ0v) is 38.9. The quantitative estimate of drug-likeness (QED) is 0.0275. The first kappa shape index (κ1) is 55.9. The molecule has 0 bridgehead atoms. The first-order chi connectivity index (χ1) is 28.0. The minimum Gasteiger partial charge on any atom is -0.756 e. The van der Waals surface area contributed by atoms with Gasteiger partial charge in [0.15, 0.2) is 0 Å². The van der Waals surface area contributed by atoms with Gasteiger partial charge < -0.3 is 28.8 Å². The highest BCUT2D eigenvalue weighted by Gasteiger charge is 2.23. The molecule has 8 nitrogen and oxygen atoms in total. The van der Waals surface area contributed by atoms with Crippen molar-refractivity contribution >= 4 is 13.7 Å². The molecule has 0 aliphatic heterocycles. The number of allylic oxidation sites excluding steroid dienone is 11. The lowest BCUT2D eigenvalue weighted by Crippen LogP contribution is -2.45. The summed E-state index contributed by atoms with van der Waals surface area (Å²) in [6, 6.07) is -0.944. The molecule has 3 unspecified atom stereocenters. The fourth-order valence-electron chi connectivity index (χ4n) is 6.24. The highest BCUT2D eigenvalue weighted by Crippen LogP contribution is 2.38. The van der Waals surface area contributed by atoms with Gasteiger partial charge in [0, 0.05) is 6.42 Å². The molecule has 1 amide bonds. The van der Waals surface area contributed by atoms with Crippen LogP contribution in [0.3, 0.4) is 0 Å². The van der Waals surface area contributed by atoms with Crippen molar-refractivity contribution in [1.82, 2.24) is 5.32 Å². The number of hydrogen-bond donors (Lipinski definition) is 2. The van der Waals surface area contributed by atoms with E-state index in [1.807, 2.05) is 39.4 Å². The van der Waals surface area contributed by atoms with Crippen molar-refractivity contribution in [3.63, 3.8) is 0 Å². The predicted octanol–water partition coefficient (Wildman–Crippen LogP) is 12.6. The number of nitrogens with zero attached hydrogens (tertiary/aromatic N) is 1. The number of phosphoric acid groups is 1. The van der Waals surface area contributed by atoms with Crippen molar-refractivity contribution in [2.24, 2.45) is 0 Å². The van der Waals surface area contributed by atoms with Crippen molar-refractivity contribution in [3.8, 4) is 0 Å². The number of carbonyl (C=O) groups excluding carboxylic acids is 1. The van der Waals surface area contributed by atoms with Crippen LogP contribution in [-0.2, 0) is 18.4 Å². The van der Waals surface area contributed by atoms with E-state index >= 15 is 0 Å². The lowest BCUT2D eigenvalue weighted by atomic mass is 10.0. The number of aliphatic hydroxyl groups is 1. The molecule has 0 aromatic heterocycles. The maximum Gasteiger partial charge on any atom is 0.268 e. The van der Waals surface area contributed by atoms with Crippen LogP contribution < -0.4 is 10.2 Å². The summed E-state index contributed by atoms with van der Waals surface area (Å²) in [5, 5.41) is 13.7. The van der Waals surface area contributed by atoms with Crippen molar-refractivity contribution in [2.75, 3.05) is 40.9 Å². The largest absolute Gasteiger partial charge is 0.756 e. The Bertz CT molecular complexity index is 1170. The fraction of sp³-hybridized carbons (Fsp3) is 0.735. The third kappa shape index (κ3) is 42.1. The van der Waals surface area contributed by atoms with E-state index in [1.165, 1.54) is 109 Å². The van der Waals surface area contributed by atoms with Crippen LogP contribution in [0.5, 0.6) is 0 Å². The summed E-state index contributed by atoms with van der Waals surface area (Å²) in [6.07, 6.45) is 54.2. The van der Waals surface area contributed by atoms with Gasteiger partial charge in [-0.1, -0.05) is 189 Å². The highest BCUT2D eigenvalue weighted by atomic mass is 31.2. The van der Waals surface area contributed by atoms with Crippen molar-refractivity contribution in [2.45, 2.75) is 193 Å². The zero-order valence-electron chi connectivity index (χ0n) is 38.0. The van der Waals surface area contributed by atoms with Gasteiger partial charge in [-0.15, -0.1) is 0 Å². The second kappa shape index (κ2) is 40.4. The molecule has 0 rings (SSSR count). The smallest absolute Gasteiger partial charge is 0.268 e. The Morgan fingerprint density at radius 1 is 0.621 bits per heavy atom. The van der Waals surface area contributed by atoms with E-state index in [9.17, 15) is 19.4 Å². The molecule has 0 radical (unpaired) electrons. The Labute approximate surface area is 357 Å². The number of quaternary nitrogens is 1. The Kier molecular flexibility index (Phi) is 38.9. The summed E-state index contributed by atoms with van der Waals surface area (Å²) in [5.41, 5.74) is 0. The first-order valence-electron chi connectivity index (χ1n) is 23.3. The molecule has 0 aromatic carbocycles. The van der Waals surface area contributed by atoms with Gasteiger partial charge >= 0.3 is 0 Å². The van der Waals surface area contributed by atoms with Gasteiger partial charge in [-0.2, -0.15) is 0 Å². The minimum atomic E-state index is -4.62. The molecule has 336 valence electrons. The number of hydrogen-bond acceptors (Lipinski definition) is 6. The first-order valence-corrected chi connectivity index (χ1v) is 24.8. The lowest BCUT2D eigenvalue weighted by Gasteiger charge is -2.29. The van der Waals surface area contributed by atoms with Crippen LogP contribution in [0.4, 0.5) is 0 Å². The normalized spacial score (nSPS) is 14.9. The molecule has 0 spiro atoms.